The van der Waals surface area contributed by atoms with Crippen molar-refractivity contribution in [2.45, 2.75) is 39.3 Å². The maximum Gasteiger partial charge on any atom is 0.224 e. The molecule has 0 aliphatic carbocycles. The predicted molar refractivity (Wildman–Crippen MR) is 139 cm³/mol. The van der Waals surface area contributed by atoms with Crippen molar-refractivity contribution in [3.63, 3.8) is 0 Å². The maximum absolute atomic E-state index is 14.6. The zero-order valence-corrected chi connectivity index (χ0v) is 20.3. The van der Waals surface area contributed by atoms with Crippen molar-refractivity contribution >= 4 is 16.9 Å². The number of hydrogen-bond acceptors (Lipinski definition) is 5. The smallest absolute Gasteiger partial charge is 0.224 e. The van der Waals surface area contributed by atoms with E-state index in [0.717, 1.165) is 49.1 Å². The number of rotatable bonds is 7. The van der Waals surface area contributed by atoms with E-state index >= 15 is 0 Å². The van der Waals surface area contributed by atoms with Gasteiger partial charge in [0, 0.05) is 36.6 Å². The average molecular weight is 471 g/mol. The third kappa shape index (κ3) is 5.28. The summed E-state index contributed by atoms with van der Waals surface area (Å²) in [5, 5.41) is 4.38. The molecule has 6 heteroatoms. The van der Waals surface area contributed by atoms with Crippen LogP contribution in [-0.2, 0) is 6.54 Å². The van der Waals surface area contributed by atoms with Crippen LogP contribution in [0.15, 0.2) is 66.7 Å². The van der Waals surface area contributed by atoms with Crippen LogP contribution in [0.3, 0.4) is 0 Å². The Hall–Kier alpha value is -3.51. The van der Waals surface area contributed by atoms with Crippen molar-refractivity contribution in [1.29, 1.82) is 0 Å². The minimum atomic E-state index is -0.279. The highest BCUT2D eigenvalue weighted by molar-refractivity contribution is 5.93. The first-order valence-corrected chi connectivity index (χ1v) is 12.3. The lowest BCUT2D eigenvalue weighted by molar-refractivity contribution is 0.210. The molecule has 3 aromatic carbocycles. The third-order valence-corrected chi connectivity index (χ3v) is 6.61. The first-order valence-electron chi connectivity index (χ1n) is 12.3. The number of piperidine rings is 1. The molecule has 1 aliphatic heterocycles. The molecule has 5 nitrogen and oxygen atoms in total. The fraction of sp³-hybridized carbons (Fsp3) is 0.310. The minimum Gasteiger partial charge on any atom is -0.494 e. The number of para-hydroxylation sites is 1. The number of benzene rings is 3. The summed E-state index contributed by atoms with van der Waals surface area (Å²) in [6.07, 6.45) is 1.99. The van der Waals surface area contributed by atoms with E-state index in [-0.39, 0.29) is 11.9 Å². The molecular weight excluding hydrogens is 439 g/mol. The molecule has 0 bridgehead atoms. The lowest BCUT2D eigenvalue weighted by atomic mass is 10.0. The van der Waals surface area contributed by atoms with E-state index in [0.29, 0.717) is 23.8 Å². The Morgan fingerprint density at radius 2 is 1.77 bits per heavy atom. The number of halogens is 1. The number of fused-ring (bicyclic) bond motifs is 1. The van der Waals surface area contributed by atoms with E-state index < -0.39 is 0 Å². The van der Waals surface area contributed by atoms with Crippen molar-refractivity contribution in [2.75, 3.05) is 25.0 Å². The second-order valence-electron chi connectivity index (χ2n) is 9.12. The SMILES string of the molecule is CCOc1cc(CN2CCC(Nc3nc(-c4ccccc4F)c4ccccc4n3)CC2)ccc1C. The Morgan fingerprint density at radius 1 is 1.00 bits per heavy atom. The molecule has 1 saturated heterocycles. The average Bonchev–Trinajstić information content (AvgIpc) is 2.87. The van der Waals surface area contributed by atoms with Gasteiger partial charge in [-0.1, -0.05) is 42.5 Å². The van der Waals surface area contributed by atoms with Crippen LogP contribution >= 0.6 is 0 Å². The fourth-order valence-corrected chi connectivity index (χ4v) is 4.73. The van der Waals surface area contributed by atoms with Gasteiger partial charge in [0.1, 0.15) is 11.6 Å². The van der Waals surface area contributed by atoms with Crippen LogP contribution in [0.2, 0.25) is 0 Å². The predicted octanol–water partition coefficient (Wildman–Crippen LogP) is 6.22. The topological polar surface area (TPSA) is 50.3 Å². The maximum atomic E-state index is 14.6. The van der Waals surface area contributed by atoms with Crippen molar-refractivity contribution in [2.24, 2.45) is 0 Å². The van der Waals surface area contributed by atoms with Crippen LogP contribution in [-0.4, -0.2) is 40.6 Å². The van der Waals surface area contributed by atoms with Crippen LogP contribution in [0.4, 0.5) is 10.3 Å². The highest BCUT2D eigenvalue weighted by atomic mass is 19.1. The minimum absolute atomic E-state index is 0.276. The molecule has 2 heterocycles. The van der Waals surface area contributed by atoms with E-state index in [4.69, 9.17) is 14.7 Å². The highest BCUT2D eigenvalue weighted by Gasteiger charge is 2.21. The van der Waals surface area contributed by atoms with E-state index in [1.54, 1.807) is 12.1 Å². The Labute approximate surface area is 206 Å². The summed E-state index contributed by atoms with van der Waals surface area (Å²) in [6, 6.07) is 21.3. The van der Waals surface area contributed by atoms with Gasteiger partial charge in [0.2, 0.25) is 5.95 Å². The Kier molecular flexibility index (Phi) is 6.91. The van der Waals surface area contributed by atoms with Crippen LogP contribution in [0.1, 0.15) is 30.9 Å². The van der Waals surface area contributed by atoms with Crippen LogP contribution < -0.4 is 10.1 Å². The molecule has 0 saturated carbocycles. The summed E-state index contributed by atoms with van der Waals surface area (Å²) in [4.78, 5) is 12.0. The lowest BCUT2D eigenvalue weighted by Crippen LogP contribution is -2.39. The molecule has 0 amide bonds. The summed E-state index contributed by atoms with van der Waals surface area (Å²) in [5.41, 5.74) is 4.37. The number of likely N-dealkylation sites (tertiary alicyclic amines) is 1. The first-order chi connectivity index (χ1) is 17.1. The summed E-state index contributed by atoms with van der Waals surface area (Å²) in [6.45, 7) is 7.67. The number of nitrogens with zero attached hydrogens (tertiary/aromatic N) is 3. The molecule has 0 radical (unpaired) electrons. The molecule has 1 fully saturated rings. The lowest BCUT2D eigenvalue weighted by Gasteiger charge is -2.32. The van der Waals surface area contributed by atoms with Gasteiger partial charge in [-0.2, -0.15) is 0 Å². The van der Waals surface area contributed by atoms with Gasteiger partial charge in [-0.15, -0.1) is 0 Å². The second kappa shape index (κ2) is 10.4. The van der Waals surface area contributed by atoms with Gasteiger partial charge >= 0.3 is 0 Å². The number of hydrogen-bond donors (Lipinski definition) is 1. The molecule has 4 aromatic rings. The van der Waals surface area contributed by atoms with Crippen molar-refractivity contribution in [3.05, 3.63) is 83.7 Å². The molecule has 1 N–H and O–H groups in total. The Morgan fingerprint density at radius 3 is 2.57 bits per heavy atom. The van der Waals surface area contributed by atoms with Gasteiger partial charge < -0.3 is 10.1 Å². The summed E-state index contributed by atoms with van der Waals surface area (Å²) in [5.74, 6) is 1.25. The zero-order valence-electron chi connectivity index (χ0n) is 20.3. The quantitative estimate of drug-likeness (QED) is 0.348. The van der Waals surface area contributed by atoms with Gasteiger partial charge in [0.15, 0.2) is 0 Å². The molecule has 35 heavy (non-hydrogen) atoms. The first kappa shape index (κ1) is 23.2. The van der Waals surface area contributed by atoms with Crippen LogP contribution in [0.5, 0.6) is 5.75 Å². The molecule has 0 unspecified atom stereocenters. The highest BCUT2D eigenvalue weighted by Crippen LogP contribution is 2.30. The number of aryl methyl sites for hydroxylation is 1. The van der Waals surface area contributed by atoms with E-state index in [1.807, 2.05) is 37.3 Å². The molecule has 1 aliphatic rings. The second-order valence-corrected chi connectivity index (χ2v) is 9.12. The monoisotopic (exact) mass is 470 g/mol. The molecule has 5 rings (SSSR count). The van der Waals surface area contributed by atoms with Gasteiger partial charge in [0.05, 0.1) is 17.8 Å². The molecular formula is C29H31FN4O. The molecule has 0 atom stereocenters. The number of ether oxygens (including phenoxy) is 1. The van der Waals surface area contributed by atoms with Crippen molar-refractivity contribution in [3.8, 4) is 17.0 Å². The third-order valence-electron chi connectivity index (χ3n) is 6.61. The summed E-state index contributed by atoms with van der Waals surface area (Å²) in [7, 11) is 0. The standard InChI is InChI=1S/C29H31FN4O/c1-3-35-27-18-21(13-12-20(27)2)19-34-16-14-22(15-17-34)31-29-32-26-11-7-5-9-24(26)28(33-29)23-8-4-6-10-25(23)30/h4-13,18,22H,3,14-17,19H2,1-2H3,(H,31,32,33). The van der Waals surface area contributed by atoms with E-state index in [2.05, 4.69) is 35.3 Å². The fourth-order valence-electron chi connectivity index (χ4n) is 4.73. The number of anilines is 1. The van der Waals surface area contributed by atoms with E-state index in [9.17, 15) is 4.39 Å². The number of nitrogens with one attached hydrogen (secondary N) is 1. The molecule has 0 spiro atoms. The largest absolute Gasteiger partial charge is 0.494 e. The summed E-state index contributed by atoms with van der Waals surface area (Å²) < 4.78 is 20.4. The van der Waals surface area contributed by atoms with Crippen LogP contribution in [0, 0.1) is 12.7 Å². The Balaban J connectivity index is 1.28. The Bertz CT molecular complexity index is 1320. The summed E-state index contributed by atoms with van der Waals surface area (Å²) >= 11 is 0. The normalized spacial score (nSPS) is 14.8. The zero-order chi connectivity index (χ0) is 24.2. The molecule has 1 aromatic heterocycles. The van der Waals surface area contributed by atoms with Gasteiger partial charge in [0.25, 0.3) is 0 Å². The van der Waals surface area contributed by atoms with Gasteiger partial charge in [-0.05, 0) is 62.1 Å². The number of aromatic nitrogens is 2. The molecule has 180 valence electrons. The van der Waals surface area contributed by atoms with Crippen molar-refractivity contribution in [1.82, 2.24) is 14.9 Å². The van der Waals surface area contributed by atoms with E-state index in [1.165, 1.54) is 17.2 Å². The van der Waals surface area contributed by atoms with Crippen LogP contribution in [0.25, 0.3) is 22.2 Å². The van der Waals surface area contributed by atoms with Crippen molar-refractivity contribution < 1.29 is 9.13 Å². The van der Waals surface area contributed by atoms with Gasteiger partial charge in [-0.3, -0.25) is 4.90 Å². The van der Waals surface area contributed by atoms with Gasteiger partial charge in [-0.25, -0.2) is 14.4 Å².